The van der Waals surface area contributed by atoms with E-state index < -0.39 is 0 Å². The molecule has 0 unspecified atom stereocenters. The van der Waals surface area contributed by atoms with Crippen LogP contribution in [0, 0.1) is 0 Å². The molecule has 196 valence electrons. The van der Waals surface area contributed by atoms with Crippen LogP contribution < -0.4 is 0 Å². The second kappa shape index (κ2) is 9.13. The molecule has 0 fully saturated rings. The van der Waals surface area contributed by atoms with Crippen molar-refractivity contribution in [1.29, 1.82) is 0 Å². The molecule has 0 N–H and O–H groups in total. The summed E-state index contributed by atoms with van der Waals surface area (Å²) in [6.07, 6.45) is 0. The van der Waals surface area contributed by atoms with E-state index in [1.807, 2.05) is 11.3 Å². The van der Waals surface area contributed by atoms with E-state index in [0.717, 1.165) is 28.1 Å². The Bertz CT molecular complexity index is 2470. The van der Waals surface area contributed by atoms with Gasteiger partial charge in [-0.1, -0.05) is 127 Å². The molecule has 0 spiro atoms. The minimum atomic E-state index is 0.964. The number of thiophene rings is 1. The largest absolute Gasteiger partial charge is 0.292 e. The molecular formula is C39H24N2S. The van der Waals surface area contributed by atoms with Gasteiger partial charge in [0.2, 0.25) is 0 Å². The molecule has 3 heteroatoms. The monoisotopic (exact) mass is 552 g/mol. The molecule has 0 aliphatic rings. The zero-order valence-electron chi connectivity index (χ0n) is 22.7. The van der Waals surface area contributed by atoms with Crippen LogP contribution in [-0.2, 0) is 0 Å². The molecule has 9 aromatic rings. The highest BCUT2D eigenvalue weighted by Gasteiger charge is 2.22. The Morgan fingerprint density at radius 1 is 0.452 bits per heavy atom. The number of imidazole rings is 1. The van der Waals surface area contributed by atoms with Gasteiger partial charge in [0.05, 0.1) is 16.7 Å². The van der Waals surface area contributed by atoms with Gasteiger partial charge in [-0.05, 0) is 39.9 Å². The molecule has 0 radical (unpaired) electrons. The van der Waals surface area contributed by atoms with E-state index in [1.165, 1.54) is 52.8 Å². The van der Waals surface area contributed by atoms with E-state index >= 15 is 0 Å². The van der Waals surface area contributed by atoms with Crippen LogP contribution >= 0.6 is 11.3 Å². The van der Waals surface area contributed by atoms with E-state index in [-0.39, 0.29) is 0 Å². The van der Waals surface area contributed by atoms with Crippen LogP contribution in [0.2, 0.25) is 0 Å². The van der Waals surface area contributed by atoms with E-state index in [2.05, 4.69) is 150 Å². The van der Waals surface area contributed by atoms with E-state index in [4.69, 9.17) is 4.98 Å². The first-order chi connectivity index (χ1) is 20.8. The van der Waals surface area contributed by atoms with Crippen molar-refractivity contribution in [3.8, 4) is 28.2 Å². The average molecular weight is 553 g/mol. The summed E-state index contributed by atoms with van der Waals surface area (Å²) in [7, 11) is 0. The zero-order valence-corrected chi connectivity index (χ0v) is 23.5. The Kier molecular flexibility index (Phi) is 5.10. The van der Waals surface area contributed by atoms with Gasteiger partial charge in [-0.15, -0.1) is 11.3 Å². The van der Waals surface area contributed by atoms with Crippen LogP contribution in [0.5, 0.6) is 0 Å². The van der Waals surface area contributed by atoms with Crippen LogP contribution in [0.3, 0.4) is 0 Å². The predicted molar refractivity (Wildman–Crippen MR) is 180 cm³/mol. The highest BCUT2D eigenvalue weighted by Crippen LogP contribution is 2.44. The van der Waals surface area contributed by atoms with Gasteiger partial charge in [-0.3, -0.25) is 4.57 Å². The molecule has 2 nitrogen and oxygen atoms in total. The van der Waals surface area contributed by atoms with Gasteiger partial charge >= 0.3 is 0 Å². The van der Waals surface area contributed by atoms with Gasteiger partial charge in [0.15, 0.2) is 0 Å². The third-order valence-corrected chi connectivity index (χ3v) is 9.70. The summed E-state index contributed by atoms with van der Waals surface area (Å²) in [6, 6.07) is 52.3. The zero-order chi connectivity index (χ0) is 27.6. The number of nitrogens with zero attached hydrogens (tertiary/aromatic N) is 2. The maximum Gasteiger partial charge on any atom is 0.147 e. The number of aromatic nitrogens is 2. The molecule has 0 aliphatic carbocycles. The summed E-state index contributed by atoms with van der Waals surface area (Å²) in [5.74, 6) is 0.964. The molecule has 0 saturated carbocycles. The summed E-state index contributed by atoms with van der Waals surface area (Å²) in [5.41, 5.74) is 6.78. The smallest absolute Gasteiger partial charge is 0.147 e. The summed E-state index contributed by atoms with van der Waals surface area (Å²) < 4.78 is 4.97. The third-order valence-electron chi connectivity index (χ3n) is 8.41. The van der Waals surface area contributed by atoms with Crippen LogP contribution in [-0.4, -0.2) is 9.55 Å². The van der Waals surface area contributed by atoms with Crippen molar-refractivity contribution in [3.05, 3.63) is 146 Å². The highest BCUT2D eigenvalue weighted by molar-refractivity contribution is 7.27. The molecule has 0 atom stereocenters. The fraction of sp³-hybridized carbons (Fsp3) is 0. The second-order valence-electron chi connectivity index (χ2n) is 10.8. The SMILES string of the molecule is c1ccc(-c2ccccc2-n2c(-c3cccc4c3sc3c5ccccc5ccc43)nc3c4ccccc4ccc32)cc1. The molecule has 9 rings (SSSR count). The van der Waals surface area contributed by atoms with Crippen molar-refractivity contribution >= 4 is 64.1 Å². The van der Waals surface area contributed by atoms with Crippen LogP contribution in [0.25, 0.3) is 81.0 Å². The highest BCUT2D eigenvalue weighted by atomic mass is 32.1. The van der Waals surface area contributed by atoms with E-state index in [1.54, 1.807) is 0 Å². The number of hydrogen-bond acceptors (Lipinski definition) is 2. The Morgan fingerprint density at radius 2 is 1.10 bits per heavy atom. The Labute approximate surface area is 246 Å². The number of rotatable bonds is 3. The van der Waals surface area contributed by atoms with Gasteiger partial charge in [-0.25, -0.2) is 4.98 Å². The van der Waals surface area contributed by atoms with E-state index in [0.29, 0.717) is 0 Å². The molecule has 0 amide bonds. The lowest BCUT2D eigenvalue weighted by Crippen LogP contribution is -2.00. The first kappa shape index (κ1) is 23.5. The van der Waals surface area contributed by atoms with Crippen molar-refractivity contribution in [2.75, 3.05) is 0 Å². The predicted octanol–water partition coefficient (Wildman–Crippen LogP) is 11.0. The van der Waals surface area contributed by atoms with Crippen LogP contribution in [0.4, 0.5) is 0 Å². The Morgan fingerprint density at radius 3 is 1.98 bits per heavy atom. The molecule has 0 aliphatic heterocycles. The number of fused-ring (bicyclic) bond motifs is 8. The van der Waals surface area contributed by atoms with Gasteiger partial charge in [0.25, 0.3) is 0 Å². The molecule has 42 heavy (non-hydrogen) atoms. The summed E-state index contributed by atoms with van der Waals surface area (Å²) in [5, 5.41) is 7.52. The molecule has 7 aromatic carbocycles. The fourth-order valence-electron chi connectivity index (χ4n) is 6.47. The number of hydrogen-bond donors (Lipinski definition) is 0. The summed E-state index contributed by atoms with van der Waals surface area (Å²) >= 11 is 1.88. The first-order valence-electron chi connectivity index (χ1n) is 14.2. The van der Waals surface area contributed by atoms with Gasteiger partial charge < -0.3 is 0 Å². The van der Waals surface area contributed by atoms with Gasteiger partial charge in [-0.2, -0.15) is 0 Å². The van der Waals surface area contributed by atoms with Gasteiger partial charge in [0, 0.05) is 36.7 Å². The second-order valence-corrected chi connectivity index (χ2v) is 11.8. The van der Waals surface area contributed by atoms with E-state index in [9.17, 15) is 0 Å². The number of para-hydroxylation sites is 1. The maximum absolute atomic E-state index is 5.47. The normalized spacial score (nSPS) is 11.8. The fourth-order valence-corrected chi connectivity index (χ4v) is 7.81. The lowest BCUT2D eigenvalue weighted by molar-refractivity contribution is 1.11. The van der Waals surface area contributed by atoms with Crippen LogP contribution in [0.1, 0.15) is 0 Å². The van der Waals surface area contributed by atoms with Crippen molar-refractivity contribution in [2.45, 2.75) is 0 Å². The Balaban J connectivity index is 1.42. The summed E-state index contributed by atoms with van der Waals surface area (Å²) in [4.78, 5) is 5.47. The number of benzene rings is 7. The molecular weight excluding hydrogens is 529 g/mol. The minimum absolute atomic E-state index is 0.964. The van der Waals surface area contributed by atoms with Crippen molar-refractivity contribution < 1.29 is 0 Å². The topological polar surface area (TPSA) is 17.8 Å². The lowest BCUT2D eigenvalue weighted by Gasteiger charge is -2.15. The average Bonchev–Trinajstić information content (AvgIpc) is 3.64. The minimum Gasteiger partial charge on any atom is -0.292 e. The Hall–Kier alpha value is -5.25. The van der Waals surface area contributed by atoms with Crippen molar-refractivity contribution in [1.82, 2.24) is 9.55 Å². The van der Waals surface area contributed by atoms with Gasteiger partial charge in [0.1, 0.15) is 5.82 Å². The standard InChI is InChI=1S/C39H24N2S/c1-2-11-25(12-3-1)28-15-8-9-20-34(28)41-35-24-22-26-13-4-6-16-29(26)36(35)40-39(41)33-19-10-18-31-32-23-21-27-14-5-7-17-30(27)37(32)42-38(31)33/h1-24H. The maximum atomic E-state index is 5.47. The molecule has 2 aromatic heterocycles. The lowest BCUT2D eigenvalue weighted by atomic mass is 10.0. The van der Waals surface area contributed by atoms with Crippen molar-refractivity contribution in [2.24, 2.45) is 0 Å². The van der Waals surface area contributed by atoms with Crippen molar-refractivity contribution in [3.63, 3.8) is 0 Å². The first-order valence-corrected chi connectivity index (χ1v) is 15.1. The molecule has 0 bridgehead atoms. The summed E-state index contributed by atoms with van der Waals surface area (Å²) in [6.45, 7) is 0. The molecule has 0 saturated heterocycles. The quantitative estimate of drug-likeness (QED) is 0.213. The third kappa shape index (κ3) is 3.41. The van der Waals surface area contributed by atoms with Crippen LogP contribution in [0.15, 0.2) is 146 Å². The molecule has 2 heterocycles.